The Kier molecular flexibility index (Phi) is 4.12. The number of hydrogen-bond donors (Lipinski definition) is 4. The summed E-state index contributed by atoms with van der Waals surface area (Å²) in [7, 11) is 0. The lowest BCUT2D eigenvalue weighted by Gasteiger charge is -2.27. The van der Waals surface area contributed by atoms with E-state index in [-0.39, 0.29) is 5.88 Å². The lowest BCUT2D eigenvalue weighted by molar-refractivity contribution is -0.144. The van der Waals surface area contributed by atoms with Gasteiger partial charge in [0.2, 0.25) is 5.91 Å². The van der Waals surface area contributed by atoms with E-state index in [1.54, 1.807) is 0 Å². The van der Waals surface area contributed by atoms with E-state index in [0.717, 1.165) is 0 Å². The zero-order valence-electron chi connectivity index (χ0n) is 7.08. The zero-order chi connectivity index (χ0) is 10.6. The molecule has 0 rings (SSSR count). The number of carboxylic acid groups (broad SMARTS) is 1. The molecule has 1 amide bonds. The maximum atomic E-state index is 10.7. The summed E-state index contributed by atoms with van der Waals surface area (Å²) in [5, 5.41) is 10.8. The van der Waals surface area contributed by atoms with Crippen LogP contribution in [0, 0.1) is 0 Å². The van der Waals surface area contributed by atoms with Crippen LogP contribution in [-0.4, -0.2) is 34.6 Å². The van der Waals surface area contributed by atoms with Gasteiger partial charge in [0.05, 0.1) is 6.04 Å². The maximum absolute atomic E-state index is 10.7. The van der Waals surface area contributed by atoms with Crippen LogP contribution in [0.15, 0.2) is 0 Å². The van der Waals surface area contributed by atoms with Gasteiger partial charge in [-0.25, -0.2) is 4.79 Å². The summed E-state index contributed by atoms with van der Waals surface area (Å²) in [6.45, 7) is 1.39. The third kappa shape index (κ3) is 3.17. The van der Waals surface area contributed by atoms with Crippen LogP contribution < -0.4 is 16.8 Å². The van der Waals surface area contributed by atoms with Gasteiger partial charge in [0.1, 0.15) is 5.88 Å². The van der Waals surface area contributed by atoms with E-state index in [1.165, 1.54) is 6.92 Å². The third-order valence-electron chi connectivity index (χ3n) is 1.59. The first kappa shape index (κ1) is 12.2. The first-order valence-corrected chi connectivity index (χ1v) is 4.02. The fourth-order valence-electron chi connectivity index (χ4n) is 0.585. The van der Waals surface area contributed by atoms with E-state index < -0.39 is 23.6 Å². The van der Waals surface area contributed by atoms with Gasteiger partial charge in [-0.2, -0.15) is 0 Å². The van der Waals surface area contributed by atoms with E-state index >= 15 is 0 Å². The van der Waals surface area contributed by atoms with Crippen molar-refractivity contribution in [1.29, 1.82) is 0 Å². The van der Waals surface area contributed by atoms with Gasteiger partial charge >= 0.3 is 5.97 Å². The largest absolute Gasteiger partial charge is 0.479 e. The van der Waals surface area contributed by atoms with Gasteiger partial charge in [0, 0.05) is 0 Å². The van der Waals surface area contributed by atoms with Gasteiger partial charge in [-0.1, -0.05) is 0 Å². The Labute approximate surface area is 80.2 Å². The molecule has 0 spiro atoms. The number of nitrogens with two attached hydrogens (primary N) is 2. The molecule has 0 aromatic carbocycles. The van der Waals surface area contributed by atoms with Gasteiger partial charge in [-0.05, 0) is 6.92 Å². The van der Waals surface area contributed by atoms with E-state index in [9.17, 15) is 9.59 Å². The molecule has 0 aliphatic carbocycles. The van der Waals surface area contributed by atoms with E-state index in [1.807, 2.05) is 0 Å². The number of aliphatic carboxylic acids is 1. The minimum absolute atomic E-state index is 0.264. The molecule has 13 heavy (non-hydrogen) atoms. The Morgan fingerprint density at radius 3 is 2.38 bits per heavy atom. The molecule has 0 bridgehead atoms. The van der Waals surface area contributed by atoms with Crippen molar-refractivity contribution >= 4 is 23.5 Å². The van der Waals surface area contributed by atoms with Crippen LogP contribution in [0.1, 0.15) is 6.92 Å². The molecular weight excluding hydrogens is 198 g/mol. The average Bonchev–Trinajstić information content (AvgIpc) is 2.03. The highest BCUT2D eigenvalue weighted by Gasteiger charge is 2.36. The second-order valence-electron chi connectivity index (χ2n) is 2.66. The molecule has 6 N–H and O–H groups in total. The Bertz CT molecular complexity index is 219. The first-order chi connectivity index (χ1) is 5.82. The smallest absolute Gasteiger partial charge is 0.340 e. The van der Waals surface area contributed by atoms with Crippen molar-refractivity contribution in [2.75, 3.05) is 5.88 Å². The highest BCUT2D eigenvalue weighted by atomic mass is 35.5. The number of alkyl halides is 1. The lowest BCUT2D eigenvalue weighted by atomic mass is 10.0. The predicted octanol–water partition coefficient (Wildman–Crippen LogP) is -1.57. The normalized spacial score (nSPS) is 13.5. The summed E-state index contributed by atoms with van der Waals surface area (Å²) >= 11 is 5.18. The number of nitrogens with one attached hydrogen (secondary N) is 1. The Morgan fingerprint density at radius 1 is 1.62 bits per heavy atom. The third-order valence-corrected chi connectivity index (χ3v) is 1.83. The number of carbonyl (C=O) groups excluding carboxylic acids is 1. The predicted molar refractivity (Wildman–Crippen MR) is 47.1 cm³/mol. The summed E-state index contributed by atoms with van der Waals surface area (Å²) in [5.41, 5.74) is 8.47. The van der Waals surface area contributed by atoms with Crippen molar-refractivity contribution in [1.82, 2.24) is 5.32 Å². The molecule has 0 aromatic heterocycles. The second-order valence-corrected chi connectivity index (χ2v) is 2.93. The monoisotopic (exact) mass is 209 g/mol. The SMILES string of the molecule is CC(NC(=O)CCl)C(N)(N)C(=O)O. The van der Waals surface area contributed by atoms with Crippen molar-refractivity contribution in [3.05, 3.63) is 0 Å². The summed E-state index contributed by atoms with van der Waals surface area (Å²) < 4.78 is 0. The Morgan fingerprint density at radius 2 is 2.08 bits per heavy atom. The molecule has 0 aliphatic rings. The Hall–Kier alpha value is -0.850. The number of halogens is 1. The molecule has 0 saturated heterocycles. The minimum Gasteiger partial charge on any atom is -0.479 e. The van der Waals surface area contributed by atoms with Gasteiger partial charge in [0.25, 0.3) is 0 Å². The van der Waals surface area contributed by atoms with Gasteiger partial charge < -0.3 is 21.9 Å². The van der Waals surface area contributed by atoms with Crippen molar-refractivity contribution in [2.24, 2.45) is 11.5 Å². The van der Waals surface area contributed by atoms with Gasteiger partial charge in [-0.15, -0.1) is 11.6 Å². The van der Waals surface area contributed by atoms with Gasteiger partial charge in [-0.3, -0.25) is 4.79 Å². The molecule has 0 fully saturated rings. The van der Waals surface area contributed by atoms with Crippen LogP contribution in [0.3, 0.4) is 0 Å². The van der Waals surface area contributed by atoms with Gasteiger partial charge in [0.15, 0.2) is 5.66 Å². The minimum atomic E-state index is -1.98. The van der Waals surface area contributed by atoms with E-state index in [2.05, 4.69) is 5.32 Å². The van der Waals surface area contributed by atoms with Crippen LogP contribution in [-0.2, 0) is 9.59 Å². The molecule has 1 unspecified atom stereocenters. The fourth-order valence-corrected chi connectivity index (χ4v) is 0.662. The summed E-state index contributed by atoms with van der Waals surface area (Å²) in [6.07, 6.45) is 0. The Balaban J connectivity index is 4.33. The highest BCUT2D eigenvalue weighted by Crippen LogP contribution is 1.99. The van der Waals surface area contributed by atoms with Crippen LogP contribution in [0.25, 0.3) is 0 Å². The van der Waals surface area contributed by atoms with Crippen molar-refractivity contribution in [2.45, 2.75) is 18.6 Å². The summed E-state index contributed by atoms with van der Waals surface area (Å²) in [6, 6.07) is -0.892. The number of carboxylic acids is 1. The standard InChI is InChI=1S/C6H12ClN3O3/c1-3(10-4(11)2-7)6(8,9)5(12)13/h3H,2,8-9H2,1H3,(H,10,11)(H,12,13). The van der Waals surface area contributed by atoms with E-state index in [4.69, 9.17) is 28.2 Å². The summed E-state index contributed by atoms with van der Waals surface area (Å²) in [4.78, 5) is 21.2. The molecule has 7 heteroatoms. The molecule has 0 aliphatic heterocycles. The highest BCUT2D eigenvalue weighted by molar-refractivity contribution is 6.27. The number of hydrogen-bond acceptors (Lipinski definition) is 4. The lowest BCUT2D eigenvalue weighted by Crippen LogP contribution is -2.68. The molecule has 1 atom stereocenters. The van der Waals surface area contributed by atoms with Crippen LogP contribution in [0.2, 0.25) is 0 Å². The quantitative estimate of drug-likeness (QED) is 0.330. The van der Waals surface area contributed by atoms with Crippen LogP contribution >= 0.6 is 11.6 Å². The zero-order valence-corrected chi connectivity index (χ0v) is 7.84. The molecular formula is C6H12ClN3O3. The van der Waals surface area contributed by atoms with Crippen molar-refractivity contribution < 1.29 is 14.7 Å². The summed E-state index contributed by atoms with van der Waals surface area (Å²) in [5.74, 6) is -2.18. The van der Waals surface area contributed by atoms with Crippen molar-refractivity contribution in [3.8, 4) is 0 Å². The van der Waals surface area contributed by atoms with Crippen LogP contribution in [0.5, 0.6) is 0 Å². The molecule has 0 saturated carbocycles. The topological polar surface area (TPSA) is 118 Å². The average molecular weight is 210 g/mol. The number of carbonyl (C=O) groups is 2. The van der Waals surface area contributed by atoms with Crippen molar-refractivity contribution in [3.63, 3.8) is 0 Å². The number of rotatable bonds is 4. The molecule has 6 nitrogen and oxygen atoms in total. The number of amides is 1. The second kappa shape index (κ2) is 4.40. The fraction of sp³-hybridized carbons (Fsp3) is 0.667. The maximum Gasteiger partial charge on any atom is 0.340 e. The first-order valence-electron chi connectivity index (χ1n) is 3.48. The van der Waals surface area contributed by atoms with Crippen LogP contribution in [0.4, 0.5) is 0 Å². The molecule has 0 radical (unpaired) electrons. The molecule has 0 heterocycles. The van der Waals surface area contributed by atoms with E-state index in [0.29, 0.717) is 0 Å². The molecule has 76 valence electrons. The molecule has 0 aromatic rings.